The Balaban J connectivity index is 1.62. The number of aliphatic carboxylic acids is 1. The van der Waals surface area contributed by atoms with E-state index in [-0.39, 0.29) is 30.8 Å². The number of carboxylic acid groups (broad SMARTS) is 1. The molecule has 2 aromatic heterocycles. The van der Waals surface area contributed by atoms with Gasteiger partial charge in [-0.1, -0.05) is 42.0 Å². The molecule has 1 amide bonds. The van der Waals surface area contributed by atoms with Gasteiger partial charge in [0.25, 0.3) is 5.91 Å². The van der Waals surface area contributed by atoms with E-state index in [2.05, 4.69) is 22.8 Å². The lowest BCUT2D eigenvalue weighted by atomic mass is 9.91. The van der Waals surface area contributed by atoms with Crippen LogP contribution in [0.3, 0.4) is 0 Å². The molecule has 1 aliphatic carbocycles. The number of nitrogens with zero attached hydrogens (tertiary/aromatic N) is 2. The number of anilines is 1. The van der Waals surface area contributed by atoms with E-state index < -0.39 is 12.0 Å². The number of carbonyl (C=O) groups excluding carboxylic acids is 2. The lowest BCUT2D eigenvalue weighted by molar-refractivity contribution is -0.141. The molecule has 9 heteroatoms. The van der Waals surface area contributed by atoms with Crippen LogP contribution in [-0.4, -0.2) is 45.5 Å². The van der Waals surface area contributed by atoms with Gasteiger partial charge in [-0.05, 0) is 50.8 Å². The molecule has 1 aromatic carbocycles. The van der Waals surface area contributed by atoms with Crippen LogP contribution < -0.4 is 10.6 Å². The number of ether oxygens (including phenoxy) is 1. The van der Waals surface area contributed by atoms with Crippen LogP contribution in [0.4, 0.5) is 5.82 Å². The second kappa shape index (κ2) is 11.7. The number of benzene rings is 1. The number of imidazole rings is 1. The van der Waals surface area contributed by atoms with Gasteiger partial charge in [-0.3, -0.25) is 18.8 Å². The monoisotopic (exact) mass is 504 g/mol. The number of carboxylic acids is 1. The number of esters is 1. The maximum Gasteiger partial charge on any atom is 0.325 e. The van der Waals surface area contributed by atoms with Crippen molar-refractivity contribution in [2.24, 2.45) is 0 Å². The number of fused-ring (bicyclic) bond motifs is 1. The molecule has 0 spiro atoms. The fourth-order valence-corrected chi connectivity index (χ4v) is 4.54. The van der Waals surface area contributed by atoms with E-state index >= 15 is 0 Å². The summed E-state index contributed by atoms with van der Waals surface area (Å²) in [4.78, 5) is 41.5. The van der Waals surface area contributed by atoms with Gasteiger partial charge >= 0.3 is 11.9 Å². The van der Waals surface area contributed by atoms with Crippen molar-refractivity contribution in [3.63, 3.8) is 0 Å². The first-order valence-corrected chi connectivity index (χ1v) is 12.5. The molecule has 0 bridgehead atoms. The molecule has 3 N–H and O–H groups in total. The Morgan fingerprint density at radius 1 is 1.19 bits per heavy atom. The number of hydrogen-bond donors (Lipinski definition) is 3. The second-order valence-corrected chi connectivity index (χ2v) is 9.16. The van der Waals surface area contributed by atoms with Gasteiger partial charge in [0.15, 0.2) is 0 Å². The molecular formula is C28H32N4O5. The third-order valence-corrected chi connectivity index (χ3v) is 6.44. The number of aromatic nitrogens is 2. The third-order valence-electron chi connectivity index (χ3n) is 6.44. The molecule has 1 aliphatic rings. The highest BCUT2D eigenvalue weighted by Crippen LogP contribution is 2.34. The second-order valence-electron chi connectivity index (χ2n) is 9.16. The zero-order valence-electron chi connectivity index (χ0n) is 21.1. The van der Waals surface area contributed by atoms with Crippen molar-refractivity contribution < 1.29 is 24.2 Å². The molecule has 0 radical (unpaired) electrons. The van der Waals surface area contributed by atoms with Gasteiger partial charge in [0.1, 0.15) is 18.0 Å². The summed E-state index contributed by atoms with van der Waals surface area (Å²) in [5.41, 5.74) is 3.54. The molecular weight excluding hydrogens is 472 g/mol. The Labute approximate surface area is 215 Å². The van der Waals surface area contributed by atoms with Crippen LogP contribution in [0.2, 0.25) is 0 Å². The van der Waals surface area contributed by atoms with E-state index in [9.17, 15) is 19.5 Å². The Bertz CT molecular complexity index is 1310. The number of aryl methyl sites for hydroxylation is 1. The summed E-state index contributed by atoms with van der Waals surface area (Å²) >= 11 is 0. The average molecular weight is 505 g/mol. The van der Waals surface area contributed by atoms with Crippen molar-refractivity contribution in [2.45, 2.75) is 51.5 Å². The molecule has 3 aromatic rings. The highest BCUT2D eigenvalue weighted by Gasteiger charge is 2.24. The van der Waals surface area contributed by atoms with E-state index in [1.807, 2.05) is 35.6 Å². The minimum absolute atomic E-state index is 0.00679. The zero-order valence-corrected chi connectivity index (χ0v) is 21.1. The van der Waals surface area contributed by atoms with Crippen LogP contribution >= 0.6 is 0 Å². The molecule has 9 nitrogen and oxygen atoms in total. The first kappa shape index (κ1) is 25.9. The molecule has 4 rings (SSSR count). The normalized spacial score (nSPS) is 15.8. The number of rotatable bonds is 10. The number of nitrogens with one attached hydrogen (secondary N) is 2. The van der Waals surface area contributed by atoms with Crippen molar-refractivity contribution in [1.29, 1.82) is 0 Å². The standard InChI is InChI=1S/C28H32N4O5/c1-3-37-25(35)17-29-27-26(20-7-5-4-6-8-20)31-23-15-21(13-14-32(23)27)28(36)30-22(16-24(33)34)19-11-9-18(2)10-12-19/h4-5,9-15,20,22,29H,3,6-8,16-17H2,1-2H3,(H,30,36)(H,33,34). The van der Waals surface area contributed by atoms with Crippen molar-refractivity contribution in [3.8, 4) is 0 Å². The highest BCUT2D eigenvalue weighted by molar-refractivity contribution is 5.95. The number of amides is 1. The van der Waals surface area contributed by atoms with Crippen molar-refractivity contribution in [2.75, 3.05) is 18.5 Å². The summed E-state index contributed by atoms with van der Waals surface area (Å²) in [7, 11) is 0. The van der Waals surface area contributed by atoms with Crippen LogP contribution in [0.1, 0.15) is 71.7 Å². The summed E-state index contributed by atoms with van der Waals surface area (Å²) in [6, 6.07) is 10.1. The molecule has 2 atom stereocenters. The molecule has 2 unspecified atom stereocenters. The smallest absolute Gasteiger partial charge is 0.325 e. The molecule has 2 heterocycles. The summed E-state index contributed by atoms with van der Waals surface area (Å²) in [5.74, 6) is -0.853. The summed E-state index contributed by atoms with van der Waals surface area (Å²) in [6.07, 6.45) is 8.54. The van der Waals surface area contributed by atoms with Crippen LogP contribution in [0, 0.1) is 6.92 Å². The molecule has 0 aliphatic heterocycles. The number of allylic oxidation sites excluding steroid dienone is 2. The van der Waals surface area contributed by atoms with Gasteiger partial charge in [0.2, 0.25) is 0 Å². The van der Waals surface area contributed by atoms with Crippen molar-refractivity contribution in [1.82, 2.24) is 14.7 Å². The lowest BCUT2D eigenvalue weighted by Gasteiger charge is -2.18. The van der Waals surface area contributed by atoms with E-state index in [1.165, 1.54) is 0 Å². The maximum atomic E-state index is 13.2. The van der Waals surface area contributed by atoms with Gasteiger partial charge in [0.05, 0.1) is 24.8 Å². The SMILES string of the molecule is CCOC(=O)CNc1c(C2CC=CCC2)nc2cc(C(=O)NC(CC(=O)O)c3ccc(C)cc3)ccn12. The maximum absolute atomic E-state index is 13.2. The fraction of sp³-hybridized carbons (Fsp3) is 0.357. The zero-order chi connectivity index (χ0) is 26.4. The van der Waals surface area contributed by atoms with E-state index in [4.69, 9.17) is 9.72 Å². The van der Waals surface area contributed by atoms with Crippen LogP contribution in [0.5, 0.6) is 0 Å². The minimum Gasteiger partial charge on any atom is -0.481 e. The van der Waals surface area contributed by atoms with Crippen LogP contribution in [0.25, 0.3) is 5.65 Å². The van der Waals surface area contributed by atoms with Crippen molar-refractivity contribution in [3.05, 3.63) is 77.1 Å². The molecule has 0 saturated heterocycles. The number of hydrogen-bond acceptors (Lipinski definition) is 6. The van der Waals surface area contributed by atoms with Gasteiger partial charge < -0.3 is 20.5 Å². The Kier molecular flexibility index (Phi) is 8.22. The molecule has 194 valence electrons. The number of carbonyl (C=O) groups is 3. The molecule has 0 fully saturated rings. The Morgan fingerprint density at radius 3 is 2.65 bits per heavy atom. The molecule has 0 saturated carbocycles. The topological polar surface area (TPSA) is 122 Å². The van der Waals surface area contributed by atoms with Gasteiger partial charge in [0, 0.05) is 17.7 Å². The first-order chi connectivity index (χ1) is 17.9. The summed E-state index contributed by atoms with van der Waals surface area (Å²) < 4.78 is 6.89. The predicted molar refractivity (Wildman–Crippen MR) is 140 cm³/mol. The van der Waals surface area contributed by atoms with E-state index in [0.29, 0.717) is 23.6 Å². The van der Waals surface area contributed by atoms with E-state index in [0.717, 1.165) is 36.1 Å². The van der Waals surface area contributed by atoms with Crippen molar-refractivity contribution >= 4 is 29.3 Å². The largest absolute Gasteiger partial charge is 0.481 e. The predicted octanol–water partition coefficient (Wildman–Crippen LogP) is 4.39. The first-order valence-electron chi connectivity index (χ1n) is 12.5. The highest BCUT2D eigenvalue weighted by atomic mass is 16.5. The molecule has 37 heavy (non-hydrogen) atoms. The number of pyridine rings is 1. The lowest BCUT2D eigenvalue weighted by Crippen LogP contribution is -2.30. The van der Waals surface area contributed by atoms with Crippen LogP contribution in [0.15, 0.2) is 54.7 Å². The van der Waals surface area contributed by atoms with Crippen LogP contribution in [-0.2, 0) is 14.3 Å². The summed E-state index contributed by atoms with van der Waals surface area (Å²) in [6.45, 7) is 4.02. The minimum atomic E-state index is -1.00. The van der Waals surface area contributed by atoms with E-state index in [1.54, 1.807) is 25.3 Å². The third kappa shape index (κ3) is 6.35. The quantitative estimate of drug-likeness (QED) is 0.277. The Morgan fingerprint density at radius 2 is 1.97 bits per heavy atom. The Hall–Kier alpha value is -4.14. The fourth-order valence-electron chi connectivity index (χ4n) is 4.54. The van der Waals surface area contributed by atoms with Gasteiger partial charge in [-0.2, -0.15) is 0 Å². The van der Waals surface area contributed by atoms with Gasteiger partial charge in [-0.15, -0.1) is 0 Å². The summed E-state index contributed by atoms with van der Waals surface area (Å²) in [5, 5.41) is 15.4. The van der Waals surface area contributed by atoms with Gasteiger partial charge in [-0.25, -0.2) is 4.98 Å². The average Bonchev–Trinajstić information content (AvgIpc) is 3.25.